The van der Waals surface area contributed by atoms with Crippen LogP contribution in [0.5, 0.6) is 0 Å². The van der Waals surface area contributed by atoms with E-state index in [9.17, 15) is 9.90 Å². The SMILES string of the molecule is O=C(NC(c1ccccn1)C1CC1)c1cc2c(-c3ccc(N4C5CCC4CC(O)C5)cc3)n[nH]c2cc1F. The maximum atomic E-state index is 15.1. The van der Waals surface area contributed by atoms with E-state index in [1.807, 2.05) is 30.3 Å². The minimum absolute atomic E-state index is 0.00167. The summed E-state index contributed by atoms with van der Waals surface area (Å²) < 4.78 is 15.1. The summed E-state index contributed by atoms with van der Waals surface area (Å²) in [6.07, 6.45) is 7.42. The number of aliphatic hydroxyl groups excluding tert-OH is 1. The van der Waals surface area contributed by atoms with Crippen LogP contribution in [0.1, 0.15) is 60.6 Å². The standard InChI is InChI=1S/C30H30FN5O2/c31-25-16-27-24(15-23(25)30(38)33-29(18-4-5-18)26-3-1-2-12-32-26)28(35-34-27)17-6-8-19(9-7-17)36-20-10-11-21(36)14-22(37)13-20/h1-3,6-9,12,15-16,18,20-22,29,37H,4-5,10-11,13-14H2,(H,33,38)(H,34,35). The Balaban J connectivity index is 1.17. The summed E-state index contributed by atoms with van der Waals surface area (Å²) in [7, 11) is 0. The van der Waals surface area contributed by atoms with Crippen molar-refractivity contribution in [1.82, 2.24) is 20.5 Å². The van der Waals surface area contributed by atoms with E-state index in [1.54, 1.807) is 12.3 Å². The van der Waals surface area contributed by atoms with Crippen molar-refractivity contribution in [3.8, 4) is 11.3 Å². The van der Waals surface area contributed by atoms with Gasteiger partial charge < -0.3 is 15.3 Å². The van der Waals surface area contributed by atoms with Gasteiger partial charge in [0.05, 0.1) is 34.6 Å². The maximum absolute atomic E-state index is 15.1. The van der Waals surface area contributed by atoms with E-state index in [4.69, 9.17) is 0 Å². The number of pyridine rings is 1. The lowest BCUT2D eigenvalue weighted by Crippen LogP contribution is -2.44. The van der Waals surface area contributed by atoms with Gasteiger partial charge in [0.25, 0.3) is 5.91 Å². The smallest absolute Gasteiger partial charge is 0.254 e. The van der Waals surface area contributed by atoms with Crippen LogP contribution in [0, 0.1) is 11.7 Å². The van der Waals surface area contributed by atoms with Gasteiger partial charge in [-0.2, -0.15) is 5.10 Å². The lowest BCUT2D eigenvalue weighted by atomic mass is 9.98. The van der Waals surface area contributed by atoms with Crippen LogP contribution in [0.4, 0.5) is 10.1 Å². The molecule has 7 rings (SSSR count). The number of piperidine rings is 1. The summed E-state index contributed by atoms with van der Waals surface area (Å²) in [5.41, 5.74) is 4.07. The van der Waals surface area contributed by atoms with Gasteiger partial charge in [0.1, 0.15) is 5.82 Å². The van der Waals surface area contributed by atoms with Gasteiger partial charge in [0.15, 0.2) is 0 Å². The van der Waals surface area contributed by atoms with Crippen molar-refractivity contribution in [1.29, 1.82) is 0 Å². The number of anilines is 1. The van der Waals surface area contributed by atoms with Crippen molar-refractivity contribution in [2.24, 2.45) is 5.92 Å². The van der Waals surface area contributed by atoms with Crippen LogP contribution < -0.4 is 10.2 Å². The quantitative estimate of drug-likeness (QED) is 0.333. The number of H-pyrrole nitrogens is 1. The summed E-state index contributed by atoms with van der Waals surface area (Å²) in [5, 5.41) is 21.3. The topological polar surface area (TPSA) is 94.1 Å². The Hall–Kier alpha value is -3.78. The van der Waals surface area contributed by atoms with Gasteiger partial charge in [-0.15, -0.1) is 0 Å². The molecule has 2 saturated heterocycles. The lowest BCUT2D eigenvalue weighted by Gasteiger charge is -2.39. The predicted molar refractivity (Wildman–Crippen MR) is 143 cm³/mol. The van der Waals surface area contributed by atoms with E-state index in [0.29, 0.717) is 34.6 Å². The first kappa shape index (κ1) is 23.3. The number of aromatic amines is 1. The highest BCUT2D eigenvalue weighted by atomic mass is 19.1. The second-order valence-electron chi connectivity index (χ2n) is 11.0. The van der Waals surface area contributed by atoms with Crippen molar-refractivity contribution < 1.29 is 14.3 Å². The van der Waals surface area contributed by atoms with Crippen LogP contribution in [-0.2, 0) is 0 Å². The molecule has 3 atom stereocenters. The van der Waals surface area contributed by atoms with Gasteiger partial charge in [-0.25, -0.2) is 4.39 Å². The van der Waals surface area contributed by atoms with Crippen LogP contribution in [-0.4, -0.2) is 44.4 Å². The Morgan fingerprint density at radius 1 is 1.05 bits per heavy atom. The number of aromatic nitrogens is 3. The number of fused-ring (bicyclic) bond motifs is 3. The number of rotatable bonds is 6. The highest BCUT2D eigenvalue weighted by molar-refractivity contribution is 6.02. The Morgan fingerprint density at radius 3 is 2.50 bits per heavy atom. The van der Waals surface area contributed by atoms with Crippen molar-refractivity contribution in [2.45, 2.75) is 62.8 Å². The van der Waals surface area contributed by atoms with E-state index < -0.39 is 11.7 Å². The van der Waals surface area contributed by atoms with Crippen LogP contribution >= 0.6 is 0 Å². The number of nitrogens with zero attached hydrogens (tertiary/aromatic N) is 3. The first-order valence-electron chi connectivity index (χ1n) is 13.5. The molecule has 2 aromatic heterocycles. The molecule has 194 valence electrons. The molecular weight excluding hydrogens is 481 g/mol. The van der Waals surface area contributed by atoms with Crippen molar-refractivity contribution in [2.75, 3.05) is 4.90 Å². The Labute approximate surface area is 220 Å². The minimum atomic E-state index is -0.584. The van der Waals surface area contributed by atoms with E-state index in [1.165, 1.54) is 6.07 Å². The number of amides is 1. The molecule has 38 heavy (non-hydrogen) atoms. The van der Waals surface area contributed by atoms with Gasteiger partial charge in [-0.1, -0.05) is 18.2 Å². The van der Waals surface area contributed by atoms with Crippen molar-refractivity contribution in [3.05, 3.63) is 77.9 Å². The third kappa shape index (κ3) is 4.13. The Morgan fingerprint density at radius 2 is 1.82 bits per heavy atom. The van der Waals surface area contributed by atoms with E-state index >= 15 is 4.39 Å². The van der Waals surface area contributed by atoms with Crippen LogP contribution in [0.2, 0.25) is 0 Å². The average molecular weight is 512 g/mol. The minimum Gasteiger partial charge on any atom is -0.393 e. The fourth-order valence-corrected chi connectivity index (χ4v) is 6.44. The van der Waals surface area contributed by atoms with Crippen LogP contribution in [0.25, 0.3) is 22.2 Å². The molecule has 1 aliphatic carbocycles. The number of halogens is 1. The fourth-order valence-electron chi connectivity index (χ4n) is 6.44. The summed E-state index contributed by atoms with van der Waals surface area (Å²) in [5.74, 6) is -0.710. The first-order valence-corrected chi connectivity index (χ1v) is 13.5. The molecule has 3 fully saturated rings. The number of nitrogens with one attached hydrogen (secondary N) is 2. The molecule has 2 aliphatic heterocycles. The molecule has 8 heteroatoms. The van der Waals surface area contributed by atoms with Gasteiger partial charge in [0, 0.05) is 41.0 Å². The van der Waals surface area contributed by atoms with Crippen LogP contribution in [0.15, 0.2) is 60.8 Å². The fraction of sp³-hybridized carbons (Fsp3) is 0.367. The molecule has 3 aliphatic rings. The second kappa shape index (κ2) is 9.20. The monoisotopic (exact) mass is 511 g/mol. The summed E-state index contributed by atoms with van der Waals surface area (Å²) in [6.45, 7) is 0. The predicted octanol–water partition coefficient (Wildman–Crippen LogP) is 5.14. The molecule has 4 aromatic rings. The molecule has 1 saturated carbocycles. The van der Waals surface area contributed by atoms with E-state index in [0.717, 1.165) is 55.5 Å². The van der Waals surface area contributed by atoms with E-state index in [2.05, 4.69) is 37.5 Å². The van der Waals surface area contributed by atoms with Gasteiger partial charge in [-0.3, -0.25) is 14.9 Å². The molecule has 4 heterocycles. The zero-order chi connectivity index (χ0) is 25.8. The average Bonchev–Trinajstić information content (AvgIpc) is 3.63. The molecule has 0 spiro atoms. The molecular formula is C30H30FN5O2. The van der Waals surface area contributed by atoms with Crippen molar-refractivity contribution >= 4 is 22.5 Å². The summed E-state index contributed by atoms with van der Waals surface area (Å²) in [4.78, 5) is 20.1. The molecule has 2 aromatic carbocycles. The zero-order valence-corrected chi connectivity index (χ0v) is 21.0. The normalized spacial score (nSPS) is 23.5. The number of benzene rings is 2. The third-order valence-corrected chi connectivity index (χ3v) is 8.43. The second-order valence-corrected chi connectivity index (χ2v) is 11.0. The number of carbonyl (C=O) groups is 1. The zero-order valence-electron chi connectivity index (χ0n) is 21.0. The molecule has 3 unspecified atom stereocenters. The van der Waals surface area contributed by atoms with Crippen LogP contribution in [0.3, 0.4) is 0 Å². The highest BCUT2D eigenvalue weighted by Crippen LogP contribution is 2.41. The molecule has 3 N–H and O–H groups in total. The molecule has 1 amide bonds. The lowest BCUT2D eigenvalue weighted by molar-refractivity contribution is 0.0926. The summed E-state index contributed by atoms with van der Waals surface area (Å²) in [6, 6.07) is 17.4. The highest BCUT2D eigenvalue weighted by Gasteiger charge is 2.40. The number of carbonyl (C=O) groups excluding carboxylic acids is 1. The Bertz CT molecular complexity index is 1470. The maximum Gasteiger partial charge on any atom is 0.254 e. The van der Waals surface area contributed by atoms with Gasteiger partial charge >= 0.3 is 0 Å². The van der Waals surface area contributed by atoms with Crippen molar-refractivity contribution in [3.63, 3.8) is 0 Å². The van der Waals surface area contributed by atoms with Gasteiger partial charge in [-0.05, 0) is 74.8 Å². The van der Waals surface area contributed by atoms with Gasteiger partial charge in [0.2, 0.25) is 0 Å². The number of aliphatic hydroxyl groups is 1. The largest absolute Gasteiger partial charge is 0.393 e. The molecule has 2 bridgehead atoms. The van der Waals surface area contributed by atoms with E-state index in [-0.39, 0.29) is 17.7 Å². The molecule has 7 nitrogen and oxygen atoms in total. The number of hydrogen-bond donors (Lipinski definition) is 3. The first-order chi connectivity index (χ1) is 18.5. The molecule has 0 radical (unpaired) electrons. The Kier molecular flexibility index (Phi) is 5.65. The third-order valence-electron chi connectivity index (χ3n) is 8.43. The summed E-state index contributed by atoms with van der Waals surface area (Å²) >= 11 is 0. The number of hydrogen-bond acceptors (Lipinski definition) is 5.